The zero-order chi connectivity index (χ0) is 13.7. The summed E-state index contributed by atoms with van der Waals surface area (Å²) in [5.74, 6) is 0.0759. The summed E-state index contributed by atoms with van der Waals surface area (Å²) in [6, 6.07) is 10.3. The fourth-order valence-corrected chi connectivity index (χ4v) is 2.40. The van der Waals surface area contributed by atoms with Crippen molar-refractivity contribution in [3.05, 3.63) is 29.8 Å². The summed E-state index contributed by atoms with van der Waals surface area (Å²) in [5.41, 5.74) is 2.50. The number of aryl methyl sites for hydroxylation is 1. The number of nitrogens with zero attached hydrogens (tertiary/aromatic N) is 3. The summed E-state index contributed by atoms with van der Waals surface area (Å²) in [6.07, 6.45) is 2.57. The van der Waals surface area contributed by atoms with Gasteiger partial charge in [0.15, 0.2) is 0 Å². The Kier molecular flexibility index (Phi) is 4.40. The maximum absolute atomic E-state index is 12.1. The first-order valence-electron chi connectivity index (χ1n) is 6.66. The molecule has 1 aromatic carbocycles. The van der Waals surface area contributed by atoms with Crippen LogP contribution in [0.2, 0.25) is 0 Å². The number of amides is 1. The Labute approximate surface area is 114 Å². The van der Waals surface area contributed by atoms with E-state index in [0.29, 0.717) is 19.5 Å². The third-order valence-electron chi connectivity index (χ3n) is 3.52. The number of rotatable bonds is 4. The Bertz CT molecular complexity index is 492. The molecule has 0 unspecified atom stereocenters. The van der Waals surface area contributed by atoms with Crippen molar-refractivity contribution >= 4 is 11.6 Å². The largest absolute Gasteiger partial charge is 0.362 e. The van der Waals surface area contributed by atoms with Gasteiger partial charge in [0.25, 0.3) is 0 Å². The van der Waals surface area contributed by atoms with Crippen molar-refractivity contribution < 1.29 is 4.79 Å². The lowest BCUT2D eigenvalue weighted by molar-refractivity contribution is -0.128. The lowest BCUT2D eigenvalue weighted by Gasteiger charge is -2.32. The molecule has 4 heteroatoms. The maximum atomic E-state index is 12.1. The zero-order valence-electron chi connectivity index (χ0n) is 11.3. The van der Waals surface area contributed by atoms with Crippen LogP contribution in [0.4, 0.5) is 5.69 Å². The third-order valence-corrected chi connectivity index (χ3v) is 3.52. The van der Waals surface area contributed by atoms with Crippen molar-refractivity contribution in [3.8, 4) is 6.07 Å². The summed E-state index contributed by atoms with van der Waals surface area (Å²) >= 11 is 0. The fourth-order valence-electron chi connectivity index (χ4n) is 2.40. The summed E-state index contributed by atoms with van der Waals surface area (Å²) in [5, 5.41) is 8.55. The Balaban J connectivity index is 2.01. The number of carbonyl (C=O) groups excluding carboxylic acids is 1. The Hall–Kier alpha value is -2.02. The van der Waals surface area contributed by atoms with Gasteiger partial charge in [0.1, 0.15) is 0 Å². The van der Waals surface area contributed by atoms with Gasteiger partial charge in [-0.05, 0) is 24.5 Å². The molecule has 0 spiro atoms. The molecule has 0 saturated heterocycles. The number of nitriles is 1. The minimum absolute atomic E-state index is 0.0759. The average molecular weight is 257 g/mol. The second-order valence-corrected chi connectivity index (χ2v) is 4.88. The molecule has 2 rings (SSSR count). The van der Waals surface area contributed by atoms with Crippen LogP contribution in [0.15, 0.2) is 24.3 Å². The number of benzene rings is 1. The Morgan fingerprint density at radius 3 is 3.05 bits per heavy atom. The first-order valence-corrected chi connectivity index (χ1v) is 6.66. The first-order chi connectivity index (χ1) is 9.22. The molecule has 1 amide bonds. The SMILES string of the molecule is CN(CCC#N)C(=O)CN1CCCc2ccccc21. The smallest absolute Gasteiger partial charge is 0.241 e. The first kappa shape index (κ1) is 13.4. The van der Waals surface area contributed by atoms with Crippen LogP contribution >= 0.6 is 0 Å². The van der Waals surface area contributed by atoms with Crippen molar-refractivity contribution in [2.24, 2.45) is 0 Å². The van der Waals surface area contributed by atoms with Gasteiger partial charge in [0.2, 0.25) is 5.91 Å². The Morgan fingerprint density at radius 2 is 2.26 bits per heavy atom. The highest BCUT2D eigenvalue weighted by atomic mass is 16.2. The van der Waals surface area contributed by atoms with Gasteiger partial charge in [-0.2, -0.15) is 5.26 Å². The van der Waals surface area contributed by atoms with Crippen LogP contribution in [0.3, 0.4) is 0 Å². The molecule has 0 fully saturated rings. The normalized spacial score (nSPS) is 13.6. The number of hydrogen-bond donors (Lipinski definition) is 0. The van der Waals surface area contributed by atoms with Gasteiger partial charge in [0, 0.05) is 25.8 Å². The van der Waals surface area contributed by atoms with E-state index in [-0.39, 0.29) is 5.91 Å². The highest BCUT2D eigenvalue weighted by molar-refractivity contribution is 5.81. The molecule has 100 valence electrons. The lowest BCUT2D eigenvalue weighted by Crippen LogP contribution is -2.40. The van der Waals surface area contributed by atoms with Crippen molar-refractivity contribution in [1.82, 2.24) is 4.90 Å². The van der Waals surface area contributed by atoms with Gasteiger partial charge >= 0.3 is 0 Å². The summed E-state index contributed by atoms with van der Waals surface area (Å²) in [7, 11) is 1.76. The van der Waals surface area contributed by atoms with Gasteiger partial charge in [0.05, 0.1) is 19.0 Å². The van der Waals surface area contributed by atoms with Crippen molar-refractivity contribution in [1.29, 1.82) is 5.26 Å². The monoisotopic (exact) mass is 257 g/mol. The molecule has 4 nitrogen and oxygen atoms in total. The summed E-state index contributed by atoms with van der Waals surface area (Å²) < 4.78 is 0. The average Bonchev–Trinajstić information content (AvgIpc) is 2.45. The van der Waals surface area contributed by atoms with E-state index in [1.807, 2.05) is 12.1 Å². The molecular formula is C15H19N3O. The number of likely N-dealkylation sites (N-methyl/N-ethyl adjacent to an activating group) is 1. The van der Waals surface area contributed by atoms with Crippen LogP contribution in [0, 0.1) is 11.3 Å². The molecule has 0 saturated carbocycles. The van der Waals surface area contributed by atoms with Crippen LogP contribution in [0.1, 0.15) is 18.4 Å². The minimum atomic E-state index is 0.0759. The van der Waals surface area contributed by atoms with Gasteiger partial charge in [-0.1, -0.05) is 18.2 Å². The molecule has 19 heavy (non-hydrogen) atoms. The summed E-state index contributed by atoms with van der Waals surface area (Å²) in [4.78, 5) is 15.9. The van der Waals surface area contributed by atoms with E-state index in [2.05, 4.69) is 23.1 Å². The van der Waals surface area contributed by atoms with Crippen LogP contribution < -0.4 is 4.90 Å². The number of carbonyl (C=O) groups is 1. The second-order valence-electron chi connectivity index (χ2n) is 4.88. The molecule has 0 aliphatic carbocycles. The highest BCUT2D eigenvalue weighted by Crippen LogP contribution is 2.26. The van der Waals surface area contributed by atoms with Gasteiger partial charge < -0.3 is 9.80 Å². The molecule has 0 radical (unpaired) electrons. The molecule has 0 bridgehead atoms. The topological polar surface area (TPSA) is 47.3 Å². The van der Waals surface area contributed by atoms with E-state index in [1.54, 1.807) is 11.9 Å². The molecule has 1 aliphatic heterocycles. The van der Waals surface area contributed by atoms with Crippen LogP contribution in [-0.2, 0) is 11.2 Å². The van der Waals surface area contributed by atoms with E-state index < -0.39 is 0 Å². The summed E-state index contributed by atoms with van der Waals surface area (Å²) in [6.45, 7) is 1.83. The van der Waals surface area contributed by atoms with Crippen molar-refractivity contribution in [3.63, 3.8) is 0 Å². The molecule has 0 atom stereocenters. The lowest BCUT2D eigenvalue weighted by atomic mass is 10.0. The van der Waals surface area contributed by atoms with Crippen LogP contribution in [-0.4, -0.2) is 37.5 Å². The standard InChI is InChI=1S/C15H19N3O/c1-17(10-5-9-16)15(19)12-18-11-4-7-13-6-2-3-8-14(13)18/h2-3,6,8H,4-5,7,10-12H2,1H3. The molecule has 1 aromatic rings. The number of fused-ring (bicyclic) bond motifs is 1. The molecule has 0 N–H and O–H groups in total. The second kappa shape index (κ2) is 6.24. The molecule has 1 heterocycles. The van der Waals surface area contributed by atoms with E-state index in [0.717, 1.165) is 19.4 Å². The third kappa shape index (κ3) is 3.25. The zero-order valence-corrected chi connectivity index (χ0v) is 11.3. The maximum Gasteiger partial charge on any atom is 0.241 e. The molecule has 1 aliphatic rings. The predicted octanol–water partition coefficient (Wildman–Crippen LogP) is 1.81. The van der Waals surface area contributed by atoms with E-state index in [9.17, 15) is 4.79 Å². The predicted molar refractivity (Wildman–Crippen MR) is 74.8 cm³/mol. The number of para-hydroxylation sites is 1. The van der Waals surface area contributed by atoms with Gasteiger partial charge in [-0.25, -0.2) is 0 Å². The fraction of sp³-hybridized carbons (Fsp3) is 0.467. The quantitative estimate of drug-likeness (QED) is 0.826. The van der Waals surface area contributed by atoms with Crippen LogP contribution in [0.25, 0.3) is 0 Å². The van der Waals surface area contributed by atoms with E-state index in [1.165, 1.54) is 11.3 Å². The van der Waals surface area contributed by atoms with Crippen molar-refractivity contribution in [2.75, 3.05) is 31.6 Å². The van der Waals surface area contributed by atoms with E-state index in [4.69, 9.17) is 5.26 Å². The molecule has 0 aromatic heterocycles. The highest BCUT2D eigenvalue weighted by Gasteiger charge is 2.20. The van der Waals surface area contributed by atoms with Crippen LogP contribution in [0.5, 0.6) is 0 Å². The number of hydrogen-bond acceptors (Lipinski definition) is 3. The van der Waals surface area contributed by atoms with Crippen molar-refractivity contribution in [2.45, 2.75) is 19.3 Å². The van der Waals surface area contributed by atoms with Gasteiger partial charge in [-0.3, -0.25) is 4.79 Å². The minimum Gasteiger partial charge on any atom is -0.362 e. The Morgan fingerprint density at radius 1 is 1.47 bits per heavy atom. The molecular weight excluding hydrogens is 238 g/mol. The van der Waals surface area contributed by atoms with Gasteiger partial charge in [-0.15, -0.1) is 0 Å². The van der Waals surface area contributed by atoms with E-state index >= 15 is 0 Å². The number of anilines is 1.